The summed E-state index contributed by atoms with van der Waals surface area (Å²) in [6.45, 7) is 0. The van der Waals surface area contributed by atoms with E-state index in [4.69, 9.17) is 9.97 Å². The van der Waals surface area contributed by atoms with Crippen molar-refractivity contribution < 1.29 is 9.59 Å². The first-order chi connectivity index (χ1) is 36.5. The minimum Gasteiger partial charge on any atom is -0.354 e. The van der Waals surface area contributed by atoms with Gasteiger partial charge in [0.15, 0.2) is 0 Å². The van der Waals surface area contributed by atoms with Crippen molar-refractivity contribution in [3.05, 3.63) is 252 Å². The number of nitrogens with zero attached hydrogens (tertiary/aromatic N) is 2. The van der Waals surface area contributed by atoms with Gasteiger partial charge in [-0.15, -0.1) is 0 Å². The molecule has 0 aliphatic carbocycles. The summed E-state index contributed by atoms with van der Waals surface area (Å²) in [7, 11) is 0. The normalized spacial score (nSPS) is 12.5. The Labute approximate surface area is 426 Å². The van der Waals surface area contributed by atoms with Gasteiger partial charge in [0.1, 0.15) is 0 Å². The number of nitrogens with one attached hydrogen (secondary N) is 4. The number of fused-ring (bicyclic) bond motifs is 12. The molecule has 9 aromatic rings. The van der Waals surface area contributed by atoms with Crippen LogP contribution in [0.4, 0.5) is 11.4 Å². The molecule has 350 valence electrons. The van der Waals surface area contributed by atoms with Crippen LogP contribution in [0.1, 0.15) is 43.5 Å². The monoisotopic (exact) mass is 952 g/mol. The molecule has 12 bridgehead atoms. The molecular weight excluding hydrogens is 909 g/mol. The molecule has 0 radical (unpaired) electrons. The van der Waals surface area contributed by atoms with Gasteiger partial charge in [-0.2, -0.15) is 0 Å². The number of anilines is 2. The summed E-state index contributed by atoms with van der Waals surface area (Å²) in [5.74, 6) is -0.456. The van der Waals surface area contributed by atoms with Gasteiger partial charge in [0.25, 0.3) is 11.8 Å². The number of aromatic amines is 2. The van der Waals surface area contributed by atoms with Crippen LogP contribution >= 0.6 is 0 Å². The van der Waals surface area contributed by atoms with Gasteiger partial charge >= 0.3 is 0 Å². The Morgan fingerprint density at radius 2 is 0.514 bits per heavy atom. The Morgan fingerprint density at radius 3 is 0.811 bits per heavy atom. The molecule has 0 unspecified atom stereocenters. The van der Waals surface area contributed by atoms with Crippen LogP contribution in [0.3, 0.4) is 0 Å². The second-order valence-electron chi connectivity index (χ2n) is 18.3. The first kappa shape index (κ1) is 43.8. The zero-order valence-electron chi connectivity index (χ0n) is 39.8. The highest BCUT2D eigenvalue weighted by Crippen LogP contribution is 2.43. The van der Waals surface area contributed by atoms with Crippen molar-refractivity contribution in [2.45, 2.75) is 0 Å². The highest BCUT2D eigenvalue weighted by molar-refractivity contribution is 6.18. The molecule has 4 aliphatic rings. The largest absolute Gasteiger partial charge is 0.354 e. The maximum Gasteiger partial charge on any atom is 0.256 e. The minimum absolute atomic E-state index is 0.228. The second kappa shape index (κ2) is 18.5. The van der Waals surface area contributed by atoms with E-state index in [0.717, 1.165) is 100 Å². The molecular formula is C66H44N6O2. The van der Waals surface area contributed by atoms with E-state index in [1.807, 2.05) is 206 Å². The number of benzene rings is 6. The summed E-state index contributed by atoms with van der Waals surface area (Å²) >= 11 is 0. The lowest BCUT2D eigenvalue weighted by Crippen LogP contribution is -2.07. The molecule has 3 aromatic heterocycles. The molecule has 0 saturated heterocycles. The van der Waals surface area contributed by atoms with E-state index in [-0.39, 0.29) is 11.8 Å². The van der Waals surface area contributed by atoms with Crippen LogP contribution in [0.15, 0.2) is 218 Å². The van der Waals surface area contributed by atoms with E-state index in [1.165, 1.54) is 0 Å². The predicted molar refractivity (Wildman–Crippen MR) is 303 cm³/mol. The summed E-state index contributed by atoms with van der Waals surface area (Å²) in [6, 6.07) is 72.7. The third-order valence-corrected chi connectivity index (χ3v) is 13.8. The average molecular weight is 953 g/mol. The number of amides is 2. The standard InChI is InChI=1S/C66H44N6O2/c73-65-47-39-57(71-65)63(45-27-15-5-16-28-45)55-37-36-54(70-55)62(44-25-13-4-14-26-44)52-34-32-50(68-52)60(42-21-9-2-10-22-42)48-40-58(72-66(48)74)64(46-29-17-6-18-30-46)56-38-35-53(69-56)61(43-23-11-3-12-24-43)51-33-31-49(67-51)59(47)41-19-7-1-8-20-41/h1-40,67-68H,(H,71,73)(H,72,74). The van der Waals surface area contributed by atoms with Crippen molar-refractivity contribution >= 4 is 69.6 Å². The zero-order valence-corrected chi connectivity index (χ0v) is 39.8. The van der Waals surface area contributed by atoms with Crippen LogP contribution in [-0.2, 0) is 0 Å². The molecule has 8 nitrogen and oxygen atoms in total. The lowest BCUT2D eigenvalue weighted by Gasteiger charge is -2.08. The van der Waals surface area contributed by atoms with Gasteiger partial charge in [-0.05, 0) is 94.1 Å². The smallest absolute Gasteiger partial charge is 0.256 e. The lowest BCUT2D eigenvalue weighted by molar-refractivity contribution is 0.102. The SMILES string of the molecule is O=C1Nc2cc1c(-c1ccccc1)c1ccc([nH]1)c(-c1ccccc1)c1nc(c(-c3ccccc3)c3cc(c(-c4ccccc4)c4ccc([nH]4)c(-c4ccccc4)c4nc(c2-c2ccccc2)C=C4)C(=O)N3)C=C1. The van der Waals surface area contributed by atoms with Crippen LogP contribution in [0.5, 0.6) is 0 Å². The lowest BCUT2D eigenvalue weighted by atomic mass is 10.00. The first-order valence-electron chi connectivity index (χ1n) is 24.6. The molecule has 0 fully saturated rings. The number of carbonyl (C=O) groups is 2. The quantitative estimate of drug-likeness (QED) is 0.133. The fourth-order valence-corrected chi connectivity index (χ4v) is 10.5. The molecule has 8 heteroatoms. The van der Waals surface area contributed by atoms with Crippen LogP contribution in [-0.4, -0.2) is 31.8 Å². The zero-order chi connectivity index (χ0) is 49.5. The molecule has 0 spiro atoms. The summed E-state index contributed by atoms with van der Waals surface area (Å²) in [6.07, 6.45) is 8.11. The number of rotatable bonds is 6. The van der Waals surface area contributed by atoms with Crippen molar-refractivity contribution in [3.8, 4) is 66.8 Å². The van der Waals surface area contributed by atoms with Gasteiger partial charge in [0.05, 0.1) is 45.3 Å². The van der Waals surface area contributed by atoms with E-state index in [0.29, 0.717) is 33.9 Å². The van der Waals surface area contributed by atoms with Gasteiger partial charge in [-0.1, -0.05) is 182 Å². The van der Waals surface area contributed by atoms with E-state index >= 15 is 0 Å². The fourth-order valence-electron chi connectivity index (χ4n) is 10.5. The van der Waals surface area contributed by atoms with Crippen molar-refractivity contribution in [2.75, 3.05) is 10.6 Å². The van der Waals surface area contributed by atoms with Gasteiger partial charge in [0, 0.05) is 55.4 Å². The number of carbonyl (C=O) groups excluding carboxylic acids is 2. The van der Waals surface area contributed by atoms with Gasteiger partial charge in [0.2, 0.25) is 0 Å². The van der Waals surface area contributed by atoms with Gasteiger partial charge < -0.3 is 20.6 Å². The van der Waals surface area contributed by atoms with Crippen molar-refractivity contribution in [3.63, 3.8) is 0 Å². The molecule has 2 amide bonds. The summed E-state index contributed by atoms with van der Waals surface area (Å²) in [5.41, 5.74) is 18.5. The Morgan fingerprint density at radius 1 is 0.270 bits per heavy atom. The average Bonchev–Trinajstić information content (AvgIpc) is 4.36. The Kier molecular flexibility index (Phi) is 11.0. The third kappa shape index (κ3) is 7.93. The Bertz CT molecular complexity index is 3860. The molecule has 4 aliphatic heterocycles. The van der Waals surface area contributed by atoms with Gasteiger partial charge in [-0.25, -0.2) is 9.97 Å². The van der Waals surface area contributed by atoms with Crippen molar-refractivity contribution in [1.82, 2.24) is 19.9 Å². The minimum atomic E-state index is -0.228. The summed E-state index contributed by atoms with van der Waals surface area (Å²) in [5, 5.41) is 6.58. The molecule has 4 N–H and O–H groups in total. The number of H-pyrrole nitrogens is 2. The number of hydrogen-bond donors (Lipinski definition) is 4. The van der Waals surface area contributed by atoms with E-state index in [1.54, 1.807) is 0 Å². The predicted octanol–water partition coefficient (Wildman–Crippen LogP) is 16.0. The van der Waals surface area contributed by atoms with Crippen LogP contribution < -0.4 is 10.6 Å². The molecule has 0 saturated carbocycles. The summed E-state index contributed by atoms with van der Waals surface area (Å²) < 4.78 is 0. The molecule has 13 rings (SSSR count). The van der Waals surface area contributed by atoms with E-state index in [2.05, 4.69) is 57.0 Å². The Balaban J connectivity index is 1.22. The molecule has 7 heterocycles. The third-order valence-electron chi connectivity index (χ3n) is 13.8. The Hall–Kier alpha value is -10.2. The van der Waals surface area contributed by atoms with Crippen molar-refractivity contribution in [2.24, 2.45) is 0 Å². The van der Waals surface area contributed by atoms with Gasteiger partial charge in [-0.3, -0.25) is 9.59 Å². The number of aromatic nitrogens is 4. The van der Waals surface area contributed by atoms with Crippen LogP contribution in [0.25, 0.3) is 113 Å². The molecule has 0 atom stereocenters. The maximum atomic E-state index is 14.7. The molecule has 6 aromatic carbocycles. The van der Waals surface area contributed by atoms with Crippen LogP contribution in [0.2, 0.25) is 0 Å². The van der Waals surface area contributed by atoms with E-state index < -0.39 is 0 Å². The highest BCUT2D eigenvalue weighted by Gasteiger charge is 2.27. The van der Waals surface area contributed by atoms with Crippen molar-refractivity contribution in [1.29, 1.82) is 0 Å². The molecule has 74 heavy (non-hydrogen) atoms. The van der Waals surface area contributed by atoms with Crippen LogP contribution in [0, 0.1) is 0 Å². The second-order valence-corrected chi connectivity index (χ2v) is 18.3. The highest BCUT2D eigenvalue weighted by atomic mass is 16.2. The first-order valence-corrected chi connectivity index (χ1v) is 24.6. The van der Waals surface area contributed by atoms with E-state index in [9.17, 15) is 9.59 Å². The number of hydrogen-bond acceptors (Lipinski definition) is 4. The topological polar surface area (TPSA) is 116 Å². The maximum absolute atomic E-state index is 14.7. The summed E-state index contributed by atoms with van der Waals surface area (Å²) in [4.78, 5) is 47.9. The fraction of sp³-hybridized carbons (Fsp3) is 0.